The number of hydrogen-bond donors (Lipinski definition) is 1. The quantitative estimate of drug-likeness (QED) is 0.705. The molecule has 0 radical (unpaired) electrons. The third kappa shape index (κ3) is 4.65. The molecule has 1 aliphatic heterocycles. The first-order chi connectivity index (χ1) is 7.24. The number of carbonyl (C=O) groups is 1. The van der Waals surface area contributed by atoms with Crippen molar-refractivity contribution < 1.29 is 4.79 Å². The summed E-state index contributed by atoms with van der Waals surface area (Å²) >= 11 is 0. The highest BCUT2D eigenvalue weighted by atomic mass is 16.2. The molecule has 3 heteroatoms. The standard InChI is InChI=1S/C12H24N2O/c1-3-4-5-8-13-12-6-9-14(10-7-12)11(2)15/h12-13H,3-10H2,1-2H3. The molecular weight excluding hydrogens is 188 g/mol. The number of likely N-dealkylation sites (tertiary alicyclic amines) is 1. The Balaban J connectivity index is 2.07. The van der Waals surface area contributed by atoms with Gasteiger partial charge in [0.05, 0.1) is 0 Å². The summed E-state index contributed by atoms with van der Waals surface area (Å²) in [4.78, 5) is 13.1. The summed E-state index contributed by atoms with van der Waals surface area (Å²) in [7, 11) is 0. The average molecular weight is 212 g/mol. The van der Waals surface area contributed by atoms with E-state index in [1.165, 1.54) is 19.3 Å². The van der Waals surface area contributed by atoms with Crippen molar-refractivity contribution >= 4 is 5.91 Å². The predicted octanol–water partition coefficient (Wildman–Crippen LogP) is 1.78. The van der Waals surface area contributed by atoms with Crippen LogP contribution in [0.4, 0.5) is 0 Å². The van der Waals surface area contributed by atoms with Gasteiger partial charge in [-0.15, -0.1) is 0 Å². The Morgan fingerprint density at radius 3 is 2.53 bits per heavy atom. The molecule has 1 N–H and O–H groups in total. The minimum Gasteiger partial charge on any atom is -0.343 e. The number of piperidine rings is 1. The fourth-order valence-electron chi connectivity index (χ4n) is 2.08. The van der Waals surface area contributed by atoms with Crippen molar-refractivity contribution in [2.45, 2.75) is 52.0 Å². The molecule has 0 aliphatic carbocycles. The molecule has 88 valence electrons. The monoisotopic (exact) mass is 212 g/mol. The second kappa shape index (κ2) is 6.83. The van der Waals surface area contributed by atoms with Crippen LogP contribution < -0.4 is 5.32 Å². The molecule has 0 atom stereocenters. The number of nitrogens with zero attached hydrogens (tertiary/aromatic N) is 1. The van der Waals surface area contributed by atoms with Crippen molar-refractivity contribution in [3.05, 3.63) is 0 Å². The molecule has 1 heterocycles. The number of carbonyl (C=O) groups excluding carboxylic acids is 1. The van der Waals surface area contributed by atoms with Gasteiger partial charge in [0, 0.05) is 26.1 Å². The van der Waals surface area contributed by atoms with Crippen LogP contribution in [-0.2, 0) is 4.79 Å². The van der Waals surface area contributed by atoms with Gasteiger partial charge in [-0.2, -0.15) is 0 Å². The second-order valence-corrected chi connectivity index (χ2v) is 4.44. The molecule has 0 aromatic carbocycles. The highest BCUT2D eigenvalue weighted by molar-refractivity contribution is 5.73. The van der Waals surface area contributed by atoms with Crippen molar-refractivity contribution in [3.63, 3.8) is 0 Å². The lowest BCUT2D eigenvalue weighted by molar-refractivity contribution is -0.129. The third-order valence-electron chi connectivity index (χ3n) is 3.15. The number of rotatable bonds is 5. The smallest absolute Gasteiger partial charge is 0.219 e. The molecule has 0 aromatic heterocycles. The van der Waals surface area contributed by atoms with E-state index >= 15 is 0 Å². The molecule has 0 unspecified atom stereocenters. The number of unbranched alkanes of at least 4 members (excludes halogenated alkanes) is 2. The van der Waals surface area contributed by atoms with Gasteiger partial charge in [-0.25, -0.2) is 0 Å². The molecule has 1 amide bonds. The predicted molar refractivity (Wildman–Crippen MR) is 62.8 cm³/mol. The van der Waals surface area contributed by atoms with Gasteiger partial charge in [0.25, 0.3) is 0 Å². The van der Waals surface area contributed by atoms with Crippen LogP contribution in [0, 0.1) is 0 Å². The summed E-state index contributed by atoms with van der Waals surface area (Å²) in [5.74, 6) is 0.222. The van der Waals surface area contributed by atoms with Crippen molar-refractivity contribution in [3.8, 4) is 0 Å². The first-order valence-corrected chi connectivity index (χ1v) is 6.23. The van der Waals surface area contributed by atoms with Crippen LogP contribution in [0.15, 0.2) is 0 Å². The molecule has 0 aromatic rings. The lowest BCUT2D eigenvalue weighted by atomic mass is 10.0. The van der Waals surface area contributed by atoms with Crippen LogP contribution in [0.25, 0.3) is 0 Å². The molecule has 0 bridgehead atoms. The Hall–Kier alpha value is -0.570. The lowest BCUT2D eigenvalue weighted by Gasteiger charge is -2.31. The van der Waals surface area contributed by atoms with E-state index in [2.05, 4.69) is 12.2 Å². The zero-order valence-corrected chi connectivity index (χ0v) is 10.1. The van der Waals surface area contributed by atoms with Crippen LogP contribution in [0.1, 0.15) is 46.0 Å². The van der Waals surface area contributed by atoms with E-state index < -0.39 is 0 Å². The SMILES string of the molecule is CCCCCNC1CCN(C(C)=O)CC1. The fraction of sp³-hybridized carbons (Fsp3) is 0.917. The number of amides is 1. The highest BCUT2D eigenvalue weighted by Gasteiger charge is 2.19. The van der Waals surface area contributed by atoms with E-state index in [1.54, 1.807) is 6.92 Å². The largest absolute Gasteiger partial charge is 0.343 e. The number of hydrogen-bond acceptors (Lipinski definition) is 2. The van der Waals surface area contributed by atoms with E-state index in [0.29, 0.717) is 6.04 Å². The first-order valence-electron chi connectivity index (χ1n) is 6.23. The summed E-state index contributed by atoms with van der Waals surface area (Å²) in [5.41, 5.74) is 0. The summed E-state index contributed by atoms with van der Waals surface area (Å²) < 4.78 is 0. The maximum absolute atomic E-state index is 11.1. The normalized spacial score (nSPS) is 18.1. The summed E-state index contributed by atoms with van der Waals surface area (Å²) in [5, 5.41) is 3.58. The molecule has 1 rings (SSSR count). The van der Waals surface area contributed by atoms with Crippen LogP contribution >= 0.6 is 0 Å². The minimum atomic E-state index is 0.222. The molecule has 15 heavy (non-hydrogen) atoms. The molecule has 0 saturated carbocycles. The Labute approximate surface area is 93.2 Å². The maximum atomic E-state index is 11.1. The van der Waals surface area contributed by atoms with E-state index in [0.717, 1.165) is 32.5 Å². The summed E-state index contributed by atoms with van der Waals surface area (Å²) in [6.45, 7) is 6.89. The van der Waals surface area contributed by atoms with Crippen LogP contribution in [0.3, 0.4) is 0 Å². The van der Waals surface area contributed by atoms with Crippen molar-refractivity contribution in [1.82, 2.24) is 10.2 Å². The van der Waals surface area contributed by atoms with Crippen molar-refractivity contribution in [2.75, 3.05) is 19.6 Å². The van der Waals surface area contributed by atoms with Gasteiger partial charge in [0.2, 0.25) is 5.91 Å². The summed E-state index contributed by atoms with van der Waals surface area (Å²) in [6, 6.07) is 0.637. The van der Waals surface area contributed by atoms with E-state index in [1.807, 2.05) is 4.90 Å². The zero-order chi connectivity index (χ0) is 11.1. The van der Waals surface area contributed by atoms with E-state index in [-0.39, 0.29) is 5.91 Å². The van der Waals surface area contributed by atoms with Crippen molar-refractivity contribution in [1.29, 1.82) is 0 Å². The first kappa shape index (κ1) is 12.5. The van der Waals surface area contributed by atoms with E-state index in [4.69, 9.17) is 0 Å². The Morgan fingerprint density at radius 2 is 2.00 bits per heavy atom. The molecule has 1 saturated heterocycles. The van der Waals surface area contributed by atoms with Crippen LogP contribution in [0.2, 0.25) is 0 Å². The van der Waals surface area contributed by atoms with Gasteiger partial charge in [-0.1, -0.05) is 19.8 Å². The fourth-order valence-corrected chi connectivity index (χ4v) is 2.08. The minimum absolute atomic E-state index is 0.222. The zero-order valence-electron chi connectivity index (χ0n) is 10.1. The third-order valence-corrected chi connectivity index (χ3v) is 3.15. The van der Waals surface area contributed by atoms with Crippen LogP contribution in [-0.4, -0.2) is 36.5 Å². The molecule has 1 fully saturated rings. The highest BCUT2D eigenvalue weighted by Crippen LogP contribution is 2.10. The average Bonchev–Trinajstić information content (AvgIpc) is 2.25. The van der Waals surface area contributed by atoms with E-state index in [9.17, 15) is 4.79 Å². The van der Waals surface area contributed by atoms with Crippen LogP contribution in [0.5, 0.6) is 0 Å². The Kier molecular flexibility index (Phi) is 5.69. The van der Waals surface area contributed by atoms with Gasteiger partial charge in [-0.3, -0.25) is 4.79 Å². The summed E-state index contributed by atoms with van der Waals surface area (Å²) in [6.07, 6.45) is 6.12. The van der Waals surface area contributed by atoms with Crippen molar-refractivity contribution in [2.24, 2.45) is 0 Å². The number of nitrogens with one attached hydrogen (secondary N) is 1. The van der Waals surface area contributed by atoms with Gasteiger partial charge in [0.15, 0.2) is 0 Å². The van der Waals surface area contributed by atoms with Gasteiger partial charge in [-0.05, 0) is 25.8 Å². The van der Waals surface area contributed by atoms with Gasteiger partial charge in [0.1, 0.15) is 0 Å². The second-order valence-electron chi connectivity index (χ2n) is 4.44. The topological polar surface area (TPSA) is 32.3 Å². The van der Waals surface area contributed by atoms with Gasteiger partial charge < -0.3 is 10.2 Å². The molecule has 1 aliphatic rings. The Bertz CT molecular complexity index is 186. The Morgan fingerprint density at radius 1 is 1.33 bits per heavy atom. The molecule has 3 nitrogen and oxygen atoms in total. The van der Waals surface area contributed by atoms with Gasteiger partial charge >= 0.3 is 0 Å². The molecule has 0 spiro atoms. The maximum Gasteiger partial charge on any atom is 0.219 e. The molecular formula is C12H24N2O. The lowest BCUT2D eigenvalue weighted by Crippen LogP contribution is -2.44.